The van der Waals surface area contributed by atoms with Gasteiger partial charge in [0.25, 0.3) is 0 Å². The smallest absolute Gasteiger partial charge is 0.229 e. The zero-order chi connectivity index (χ0) is 15.5. The highest BCUT2D eigenvalue weighted by molar-refractivity contribution is 7.15. The summed E-state index contributed by atoms with van der Waals surface area (Å²) in [4.78, 5) is 14.1. The lowest BCUT2D eigenvalue weighted by molar-refractivity contribution is -0.129. The van der Waals surface area contributed by atoms with Crippen molar-refractivity contribution in [2.45, 2.75) is 19.3 Å². The number of carbonyl (C=O) groups excluding carboxylic acids is 1. The van der Waals surface area contributed by atoms with E-state index >= 15 is 0 Å². The average Bonchev–Trinajstić information content (AvgIpc) is 3.11. The zero-order valence-corrected chi connectivity index (χ0v) is 12.9. The first-order valence-corrected chi connectivity index (χ1v) is 8.05. The van der Waals surface area contributed by atoms with Gasteiger partial charge >= 0.3 is 0 Å². The number of aromatic hydroxyl groups is 1. The molecule has 1 aliphatic rings. The molecule has 3 rings (SSSR count). The molecular weight excluding hydrogens is 300 g/mol. The van der Waals surface area contributed by atoms with E-state index < -0.39 is 0 Å². The van der Waals surface area contributed by atoms with E-state index in [4.69, 9.17) is 5.73 Å². The first kappa shape index (κ1) is 14.8. The standard InChI is InChI=1S/C15H18N4O2S/c16-15-18-17-13(22-15)8-14(21)19-6-5-11(9-19)7-10-1-3-12(20)4-2-10/h1-4,11,20H,5-9H2,(H2,16,18). The SMILES string of the molecule is Nc1nnc(CC(=O)N2CCC(Cc3ccc(O)cc3)C2)s1. The van der Waals surface area contributed by atoms with Crippen LogP contribution in [-0.4, -0.2) is 39.2 Å². The molecule has 1 aliphatic heterocycles. The minimum absolute atomic E-state index is 0.0874. The molecule has 0 saturated carbocycles. The molecule has 116 valence electrons. The summed E-state index contributed by atoms with van der Waals surface area (Å²) in [5.74, 6) is 0.834. The third-order valence-corrected chi connectivity index (χ3v) is 4.64. The van der Waals surface area contributed by atoms with E-state index in [0.717, 1.165) is 25.9 Å². The van der Waals surface area contributed by atoms with Gasteiger partial charge in [-0.2, -0.15) is 0 Å². The Morgan fingerprint density at radius 1 is 1.36 bits per heavy atom. The van der Waals surface area contributed by atoms with Gasteiger partial charge in [0.2, 0.25) is 11.0 Å². The van der Waals surface area contributed by atoms with Gasteiger partial charge in [0, 0.05) is 13.1 Å². The minimum atomic E-state index is 0.0874. The molecule has 6 nitrogen and oxygen atoms in total. The van der Waals surface area contributed by atoms with Gasteiger partial charge in [0.05, 0.1) is 6.42 Å². The third-order valence-electron chi connectivity index (χ3n) is 3.88. The predicted molar refractivity (Wildman–Crippen MR) is 84.5 cm³/mol. The lowest BCUT2D eigenvalue weighted by Gasteiger charge is -2.16. The van der Waals surface area contributed by atoms with Crippen LogP contribution in [0.3, 0.4) is 0 Å². The van der Waals surface area contributed by atoms with Gasteiger partial charge in [-0.25, -0.2) is 0 Å². The second kappa shape index (κ2) is 6.31. The van der Waals surface area contributed by atoms with Crippen molar-refractivity contribution in [3.63, 3.8) is 0 Å². The number of amides is 1. The number of nitrogen functional groups attached to an aromatic ring is 1. The minimum Gasteiger partial charge on any atom is -0.508 e. The van der Waals surface area contributed by atoms with Crippen molar-refractivity contribution in [1.82, 2.24) is 15.1 Å². The Bertz CT molecular complexity index is 656. The van der Waals surface area contributed by atoms with E-state index in [1.807, 2.05) is 17.0 Å². The van der Waals surface area contributed by atoms with Gasteiger partial charge in [-0.3, -0.25) is 4.79 Å². The molecule has 1 atom stereocenters. The number of benzene rings is 1. The van der Waals surface area contributed by atoms with Crippen LogP contribution in [0.4, 0.5) is 5.13 Å². The second-order valence-electron chi connectivity index (χ2n) is 5.58. The number of phenols is 1. The number of carbonyl (C=O) groups is 1. The lowest BCUT2D eigenvalue weighted by atomic mass is 9.99. The normalized spacial score (nSPS) is 17.8. The maximum Gasteiger partial charge on any atom is 0.229 e. The molecule has 1 saturated heterocycles. The number of likely N-dealkylation sites (tertiary alicyclic amines) is 1. The number of nitrogens with two attached hydrogens (primary N) is 1. The van der Waals surface area contributed by atoms with E-state index in [1.165, 1.54) is 16.9 Å². The number of aromatic nitrogens is 2. The van der Waals surface area contributed by atoms with Crippen molar-refractivity contribution in [3.8, 4) is 5.75 Å². The quantitative estimate of drug-likeness (QED) is 0.890. The molecule has 22 heavy (non-hydrogen) atoms. The summed E-state index contributed by atoms with van der Waals surface area (Å²) in [5.41, 5.74) is 6.72. The van der Waals surface area contributed by atoms with Crippen LogP contribution in [0.15, 0.2) is 24.3 Å². The van der Waals surface area contributed by atoms with E-state index in [-0.39, 0.29) is 18.1 Å². The highest BCUT2D eigenvalue weighted by atomic mass is 32.1. The number of rotatable bonds is 4. The van der Waals surface area contributed by atoms with Gasteiger partial charge < -0.3 is 15.7 Å². The Hall–Kier alpha value is -2.15. The number of phenolic OH excluding ortho intramolecular Hbond substituents is 1. The Morgan fingerprint density at radius 2 is 2.14 bits per heavy atom. The van der Waals surface area contributed by atoms with E-state index in [0.29, 0.717) is 16.1 Å². The Labute approximate surface area is 132 Å². The summed E-state index contributed by atoms with van der Waals surface area (Å²) in [6.07, 6.45) is 2.21. The van der Waals surface area contributed by atoms with Gasteiger partial charge in [-0.1, -0.05) is 23.5 Å². The fraction of sp³-hybridized carbons (Fsp3) is 0.400. The van der Waals surface area contributed by atoms with Crippen molar-refractivity contribution in [3.05, 3.63) is 34.8 Å². The highest BCUT2D eigenvalue weighted by Crippen LogP contribution is 2.23. The molecular formula is C15H18N4O2S. The number of hydrogen-bond donors (Lipinski definition) is 2. The highest BCUT2D eigenvalue weighted by Gasteiger charge is 2.26. The molecule has 2 aromatic rings. The summed E-state index contributed by atoms with van der Waals surface area (Å²) < 4.78 is 0. The van der Waals surface area contributed by atoms with E-state index in [1.54, 1.807) is 12.1 Å². The molecule has 0 radical (unpaired) electrons. The molecule has 1 fully saturated rings. The molecule has 7 heteroatoms. The van der Waals surface area contributed by atoms with E-state index in [9.17, 15) is 9.90 Å². The Morgan fingerprint density at radius 3 is 2.82 bits per heavy atom. The fourth-order valence-electron chi connectivity index (χ4n) is 2.77. The molecule has 1 aromatic carbocycles. The van der Waals surface area contributed by atoms with Gasteiger partial charge in [-0.15, -0.1) is 10.2 Å². The maximum absolute atomic E-state index is 12.3. The molecule has 0 spiro atoms. The molecule has 1 amide bonds. The van der Waals surface area contributed by atoms with Crippen LogP contribution in [0.5, 0.6) is 5.75 Å². The van der Waals surface area contributed by atoms with Crippen molar-refractivity contribution < 1.29 is 9.90 Å². The summed E-state index contributed by atoms with van der Waals surface area (Å²) >= 11 is 1.26. The molecule has 1 aromatic heterocycles. The number of anilines is 1. The van der Waals surface area contributed by atoms with Gasteiger partial charge in [0.1, 0.15) is 10.8 Å². The van der Waals surface area contributed by atoms with Crippen molar-refractivity contribution in [1.29, 1.82) is 0 Å². The summed E-state index contributed by atoms with van der Waals surface area (Å²) in [6.45, 7) is 1.56. The number of nitrogens with zero attached hydrogens (tertiary/aromatic N) is 3. The lowest BCUT2D eigenvalue weighted by Crippen LogP contribution is -2.30. The van der Waals surface area contributed by atoms with Gasteiger partial charge in [0.15, 0.2) is 0 Å². The largest absolute Gasteiger partial charge is 0.508 e. The van der Waals surface area contributed by atoms with E-state index in [2.05, 4.69) is 10.2 Å². The predicted octanol–water partition coefficient (Wildman–Crippen LogP) is 1.46. The monoisotopic (exact) mass is 318 g/mol. The molecule has 3 N–H and O–H groups in total. The zero-order valence-electron chi connectivity index (χ0n) is 12.1. The van der Waals surface area contributed by atoms with Crippen LogP contribution in [0.25, 0.3) is 0 Å². The topological polar surface area (TPSA) is 92.3 Å². The maximum atomic E-state index is 12.3. The molecule has 1 unspecified atom stereocenters. The van der Waals surface area contributed by atoms with Crippen molar-refractivity contribution in [2.24, 2.45) is 5.92 Å². The van der Waals surface area contributed by atoms with Crippen LogP contribution in [-0.2, 0) is 17.6 Å². The second-order valence-corrected chi connectivity index (χ2v) is 6.67. The Balaban J connectivity index is 1.53. The molecule has 2 heterocycles. The molecule has 0 bridgehead atoms. The van der Waals surface area contributed by atoms with Crippen molar-refractivity contribution in [2.75, 3.05) is 18.8 Å². The van der Waals surface area contributed by atoms with Crippen LogP contribution in [0, 0.1) is 5.92 Å². The average molecular weight is 318 g/mol. The summed E-state index contributed by atoms with van der Waals surface area (Å²) in [5, 5.41) is 18.0. The molecule has 0 aliphatic carbocycles. The fourth-order valence-corrected chi connectivity index (χ4v) is 3.37. The van der Waals surface area contributed by atoms with Crippen LogP contribution in [0.2, 0.25) is 0 Å². The summed E-state index contributed by atoms with van der Waals surface area (Å²) in [6, 6.07) is 7.27. The van der Waals surface area contributed by atoms with Crippen LogP contribution in [0.1, 0.15) is 17.0 Å². The first-order valence-electron chi connectivity index (χ1n) is 7.23. The first-order chi connectivity index (χ1) is 10.6. The third kappa shape index (κ3) is 3.54. The van der Waals surface area contributed by atoms with Crippen LogP contribution >= 0.6 is 11.3 Å². The van der Waals surface area contributed by atoms with Crippen LogP contribution < -0.4 is 5.73 Å². The Kier molecular flexibility index (Phi) is 4.24. The summed E-state index contributed by atoms with van der Waals surface area (Å²) in [7, 11) is 0. The number of hydrogen-bond acceptors (Lipinski definition) is 6. The van der Waals surface area contributed by atoms with Crippen molar-refractivity contribution >= 4 is 22.4 Å². The van der Waals surface area contributed by atoms with Gasteiger partial charge in [-0.05, 0) is 36.5 Å².